The minimum atomic E-state index is -0.836. The fourth-order valence-corrected chi connectivity index (χ4v) is 2.61. The molecule has 0 saturated heterocycles. The first-order chi connectivity index (χ1) is 6.85. The van der Waals surface area contributed by atoms with Crippen molar-refractivity contribution in [2.75, 3.05) is 0 Å². The van der Waals surface area contributed by atoms with Crippen molar-refractivity contribution >= 4 is 15.9 Å². The van der Waals surface area contributed by atoms with Gasteiger partial charge in [0.2, 0.25) is 0 Å². The van der Waals surface area contributed by atoms with Gasteiger partial charge in [-0.15, -0.1) is 0 Å². The van der Waals surface area contributed by atoms with Gasteiger partial charge in [-0.3, -0.25) is 0 Å². The van der Waals surface area contributed by atoms with E-state index in [4.69, 9.17) is 5.73 Å². The first-order valence-corrected chi connectivity index (χ1v) is 5.55. The summed E-state index contributed by atoms with van der Waals surface area (Å²) in [5.41, 5.74) is 6.62. The van der Waals surface area contributed by atoms with Crippen molar-refractivity contribution in [1.82, 2.24) is 0 Å². The third kappa shape index (κ3) is 1.60. The largest absolute Gasteiger partial charge is 0.327 e. The van der Waals surface area contributed by atoms with Crippen molar-refractivity contribution in [1.29, 1.82) is 0 Å². The fraction of sp³-hybridized carbons (Fsp3) is 0.455. The summed E-state index contributed by atoms with van der Waals surface area (Å²) in [6, 6.07) is 2.41. The lowest BCUT2D eigenvalue weighted by Crippen LogP contribution is -2.06. The molecule has 2 N–H and O–H groups in total. The van der Waals surface area contributed by atoms with Gasteiger partial charge in [-0.2, -0.15) is 0 Å². The normalized spacial score (nSPS) is 27.9. The van der Waals surface area contributed by atoms with Crippen molar-refractivity contribution in [2.24, 2.45) is 11.1 Å². The molecule has 82 valence electrons. The van der Waals surface area contributed by atoms with Crippen molar-refractivity contribution < 1.29 is 8.78 Å². The summed E-state index contributed by atoms with van der Waals surface area (Å²) in [6.07, 6.45) is 0. The molecule has 2 rings (SSSR count). The first-order valence-electron chi connectivity index (χ1n) is 4.75. The SMILES string of the molecule is CC1(C)[C@@H](N)[C@@H]1c1cc(F)c(F)cc1Br. The lowest BCUT2D eigenvalue weighted by atomic mass is 10.0. The molecule has 1 nitrogen and oxygen atoms in total. The standard InChI is InChI=1S/C11H12BrF2N/c1-11(2)9(10(11)15)5-3-7(13)8(14)4-6(5)12/h3-4,9-10H,15H2,1-2H3/t9-,10-/m0/s1. The predicted molar refractivity (Wildman–Crippen MR) is 58.6 cm³/mol. The van der Waals surface area contributed by atoms with E-state index in [1.165, 1.54) is 6.07 Å². The van der Waals surface area contributed by atoms with Gasteiger partial charge in [0.15, 0.2) is 11.6 Å². The Bertz CT molecular complexity index is 417. The van der Waals surface area contributed by atoms with Gasteiger partial charge in [0.1, 0.15) is 0 Å². The molecule has 0 heterocycles. The van der Waals surface area contributed by atoms with Crippen LogP contribution in [-0.4, -0.2) is 6.04 Å². The van der Waals surface area contributed by atoms with Crippen LogP contribution in [-0.2, 0) is 0 Å². The Balaban J connectivity index is 2.43. The summed E-state index contributed by atoms with van der Waals surface area (Å²) >= 11 is 3.24. The lowest BCUT2D eigenvalue weighted by Gasteiger charge is -2.06. The van der Waals surface area contributed by atoms with Gasteiger partial charge >= 0.3 is 0 Å². The van der Waals surface area contributed by atoms with E-state index in [1.807, 2.05) is 13.8 Å². The topological polar surface area (TPSA) is 26.0 Å². The van der Waals surface area contributed by atoms with Crippen LogP contribution < -0.4 is 5.73 Å². The molecule has 15 heavy (non-hydrogen) atoms. The maximum Gasteiger partial charge on any atom is 0.159 e. The molecule has 0 bridgehead atoms. The molecule has 1 aromatic rings. The highest BCUT2D eigenvalue weighted by Gasteiger charge is 2.56. The highest BCUT2D eigenvalue weighted by molar-refractivity contribution is 9.10. The Morgan fingerprint density at radius 2 is 1.73 bits per heavy atom. The predicted octanol–water partition coefficient (Wildman–Crippen LogP) is 3.18. The first kappa shape index (κ1) is 11.0. The highest BCUT2D eigenvalue weighted by atomic mass is 79.9. The summed E-state index contributed by atoms with van der Waals surface area (Å²) in [5.74, 6) is -1.55. The van der Waals surface area contributed by atoms with Gasteiger partial charge in [0.25, 0.3) is 0 Å². The molecule has 1 saturated carbocycles. The van der Waals surface area contributed by atoms with Gasteiger partial charge in [-0.25, -0.2) is 8.78 Å². The minimum absolute atomic E-state index is 0.0126. The summed E-state index contributed by atoms with van der Waals surface area (Å²) in [4.78, 5) is 0. The third-order valence-corrected chi connectivity index (χ3v) is 3.97. The highest BCUT2D eigenvalue weighted by Crippen LogP contribution is 2.58. The number of rotatable bonds is 1. The molecule has 0 spiro atoms. The van der Waals surface area contributed by atoms with Crippen molar-refractivity contribution in [3.8, 4) is 0 Å². The Labute approximate surface area is 95.8 Å². The minimum Gasteiger partial charge on any atom is -0.327 e. The van der Waals surface area contributed by atoms with Crippen molar-refractivity contribution in [3.63, 3.8) is 0 Å². The van der Waals surface area contributed by atoms with E-state index in [9.17, 15) is 8.78 Å². The van der Waals surface area contributed by atoms with Crippen LogP contribution in [0.15, 0.2) is 16.6 Å². The van der Waals surface area contributed by atoms with Crippen LogP contribution in [0.2, 0.25) is 0 Å². The summed E-state index contributed by atoms with van der Waals surface area (Å²) in [6.45, 7) is 4.05. The second kappa shape index (κ2) is 3.25. The molecular formula is C11H12BrF2N. The Hall–Kier alpha value is -0.480. The lowest BCUT2D eigenvalue weighted by molar-refractivity contribution is 0.505. The van der Waals surface area contributed by atoms with E-state index in [1.54, 1.807) is 0 Å². The number of nitrogens with two attached hydrogens (primary N) is 1. The molecular weight excluding hydrogens is 264 g/mol. The van der Waals surface area contributed by atoms with Gasteiger partial charge in [-0.05, 0) is 23.1 Å². The molecule has 1 aliphatic carbocycles. The number of halogens is 3. The van der Waals surface area contributed by atoms with Gasteiger partial charge in [0, 0.05) is 16.4 Å². The van der Waals surface area contributed by atoms with E-state index in [2.05, 4.69) is 15.9 Å². The van der Waals surface area contributed by atoms with Crippen LogP contribution >= 0.6 is 15.9 Å². The zero-order chi connectivity index (χ0) is 11.4. The smallest absolute Gasteiger partial charge is 0.159 e. The Morgan fingerprint density at radius 1 is 1.27 bits per heavy atom. The molecule has 1 aromatic carbocycles. The summed E-state index contributed by atoms with van der Waals surface area (Å²) in [5, 5.41) is 0. The molecule has 0 aliphatic heterocycles. The molecule has 4 heteroatoms. The molecule has 0 amide bonds. The van der Waals surface area contributed by atoms with E-state index in [0.717, 1.165) is 11.6 Å². The van der Waals surface area contributed by atoms with E-state index in [0.29, 0.717) is 4.47 Å². The fourth-order valence-electron chi connectivity index (χ4n) is 2.05. The van der Waals surface area contributed by atoms with Crippen LogP contribution in [0.5, 0.6) is 0 Å². The Kier molecular flexibility index (Phi) is 2.39. The Morgan fingerprint density at radius 3 is 2.20 bits per heavy atom. The molecule has 0 radical (unpaired) electrons. The van der Waals surface area contributed by atoms with Crippen LogP contribution in [0, 0.1) is 17.0 Å². The molecule has 0 aromatic heterocycles. The van der Waals surface area contributed by atoms with Crippen LogP contribution in [0.1, 0.15) is 25.3 Å². The monoisotopic (exact) mass is 275 g/mol. The quantitative estimate of drug-likeness (QED) is 0.783. The number of hydrogen-bond acceptors (Lipinski definition) is 1. The zero-order valence-electron chi connectivity index (χ0n) is 8.52. The van der Waals surface area contributed by atoms with Crippen LogP contribution in [0.25, 0.3) is 0 Å². The number of benzene rings is 1. The van der Waals surface area contributed by atoms with Crippen LogP contribution in [0.3, 0.4) is 0 Å². The van der Waals surface area contributed by atoms with Crippen molar-refractivity contribution in [3.05, 3.63) is 33.8 Å². The second-order valence-electron chi connectivity index (χ2n) is 4.61. The van der Waals surface area contributed by atoms with E-state index >= 15 is 0 Å². The average Bonchev–Trinajstić information content (AvgIpc) is 2.60. The summed E-state index contributed by atoms with van der Waals surface area (Å²) in [7, 11) is 0. The molecule has 2 atom stereocenters. The maximum atomic E-state index is 13.1. The van der Waals surface area contributed by atoms with E-state index in [-0.39, 0.29) is 17.4 Å². The van der Waals surface area contributed by atoms with E-state index < -0.39 is 11.6 Å². The van der Waals surface area contributed by atoms with Crippen molar-refractivity contribution in [2.45, 2.75) is 25.8 Å². The van der Waals surface area contributed by atoms with Gasteiger partial charge in [-0.1, -0.05) is 29.8 Å². The molecule has 1 aliphatic rings. The van der Waals surface area contributed by atoms with Gasteiger partial charge < -0.3 is 5.73 Å². The average molecular weight is 276 g/mol. The number of hydrogen-bond donors (Lipinski definition) is 1. The third-order valence-electron chi connectivity index (χ3n) is 3.29. The summed E-state index contributed by atoms with van der Waals surface area (Å²) < 4.78 is 26.6. The van der Waals surface area contributed by atoms with Gasteiger partial charge in [0.05, 0.1) is 0 Å². The van der Waals surface area contributed by atoms with Crippen LogP contribution in [0.4, 0.5) is 8.78 Å². The molecule has 0 unspecified atom stereocenters. The second-order valence-corrected chi connectivity index (χ2v) is 5.47. The zero-order valence-corrected chi connectivity index (χ0v) is 10.1. The molecule has 1 fully saturated rings. The maximum absolute atomic E-state index is 13.1.